The number of rotatable bonds is 5. The second kappa shape index (κ2) is 8.51. The maximum absolute atomic E-state index is 4.35. The van der Waals surface area contributed by atoms with Gasteiger partial charge in [0, 0.05) is 56.7 Å². The van der Waals surface area contributed by atoms with Crippen LogP contribution in [-0.4, -0.2) is 43.7 Å². The lowest BCUT2D eigenvalue weighted by atomic mass is 10.2. The van der Waals surface area contributed by atoms with E-state index in [-0.39, 0.29) is 0 Å². The Balaban J connectivity index is 1.45. The predicted octanol–water partition coefficient (Wildman–Crippen LogP) is 2.38. The zero-order chi connectivity index (χ0) is 17.5. The molecule has 1 aromatic heterocycles. The first-order valence-electron chi connectivity index (χ1n) is 8.93. The molecule has 5 nitrogen and oxygen atoms in total. The van der Waals surface area contributed by atoms with Gasteiger partial charge in [0.05, 0.1) is 0 Å². The number of aliphatic imine (C=N–C) groups is 1. The number of hydrogen-bond donors (Lipinski definition) is 2. The third-order valence-electron chi connectivity index (χ3n) is 4.55. The number of guanidine groups is 1. The molecule has 1 unspecified atom stereocenters. The van der Waals surface area contributed by atoms with E-state index < -0.39 is 0 Å². The first-order chi connectivity index (χ1) is 12.2. The van der Waals surface area contributed by atoms with Gasteiger partial charge in [-0.3, -0.25) is 9.98 Å². The molecule has 1 saturated heterocycles. The van der Waals surface area contributed by atoms with Crippen molar-refractivity contribution in [2.75, 3.05) is 31.6 Å². The first-order valence-corrected chi connectivity index (χ1v) is 8.93. The summed E-state index contributed by atoms with van der Waals surface area (Å²) in [6, 6.07) is 15.2. The Morgan fingerprint density at radius 2 is 2.08 bits per heavy atom. The van der Waals surface area contributed by atoms with Crippen molar-refractivity contribution in [3.8, 4) is 0 Å². The van der Waals surface area contributed by atoms with E-state index in [0.717, 1.165) is 44.1 Å². The highest BCUT2D eigenvalue weighted by atomic mass is 15.2. The Hall–Kier alpha value is -2.56. The predicted molar refractivity (Wildman–Crippen MR) is 104 cm³/mol. The topological polar surface area (TPSA) is 52.6 Å². The van der Waals surface area contributed by atoms with Gasteiger partial charge in [0.25, 0.3) is 0 Å². The quantitative estimate of drug-likeness (QED) is 0.650. The summed E-state index contributed by atoms with van der Waals surface area (Å²) in [7, 11) is 1.82. The van der Waals surface area contributed by atoms with E-state index in [4.69, 9.17) is 0 Å². The molecule has 2 heterocycles. The summed E-state index contributed by atoms with van der Waals surface area (Å²) < 4.78 is 0. The first kappa shape index (κ1) is 17.3. The van der Waals surface area contributed by atoms with E-state index >= 15 is 0 Å². The second-order valence-electron chi connectivity index (χ2n) is 6.48. The molecule has 3 rings (SSSR count). The minimum Gasteiger partial charge on any atom is -0.369 e. The highest BCUT2D eigenvalue weighted by Crippen LogP contribution is 2.20. The average Bonchev–Trinajstić information content (AvgIpc) is 3.11. The number of benzene rings is 1. The Morgan fingerprint density at radius 1 is 1.24 bits per heavy atom. The van der Waals surface area contributed by atoms with Crippen LogP contribution in [0.15, 0.2) is 53.7 Å². The molecule has 132 valence electrons. The summed E-state index contributed by atoms with van der Waals surface area (Å²) in [6.45, 7) is 5.03. The van der Waals surface area contributed by atoms with Crippen LogP contribution in [0.25, 0.3) is 0 Å². The van der Waals surface area contributed by atoms with Crippen molar-refractivity contribution in [2.24, 2.45) is 4.99 Å². The highest BCUT2D eigenvalue weighted by molar-refractivity contribution is 5.80. The van der Waals surface area contributed by atoms with E-state index in [2.05, 4.69) is 56.7 Å². The molecule has 0 saturated carbocycles. The molecule has 5 heteroatoms. The number of hydrogen-bond acceptors (Lipinski definition) is 3. The van der Waals surface area contributed by atoms with Crippen molar-refractivity contribution in [3.05, 3.63) is 59.9 Å². The van der Waals surface area contributed by atoms with E-state index in [1.807, 2.05) is 31.4 Å². The van der Waals surface area contributed by atoms with Crippen molar-refractivity contribution in [1.82, 2.24) is 15.6 Å². The maximum atomic E-state index is 4.35. The van der Waals surface area contributed by atoms with Gasteiger partial charge in [-0.1, -0.05) is 23.8 Å². The van der Waals surface area contributed by atoms with E-state index in [0.29, 0.717) is 6.04 Å². The summed E-state index contributed by atoms with van der Waals surface area (Å²) in [5.74, 6) is 0.867. The average molecular weight is 337 g/mol. The number of pyridine rings is 1. The van der Waals surface area contributed by atoms with Crippen LogP contribution in [0.2, 0.25) is 0 Å². The Morgan fingerprint density at radius 3 is 2.80 bits per heavy atom. The molecule has 0 aliphatic carbocycles. The van der Waals surface area contributed by atoms with Gasteiger partial charge in [-0.15, -0.1) is 0 Å². The lowest BCUT2D eigenvalue weighted by Gasteiger charge is -2.20. The van der Waals surface area contributed by atoms with Crippen molar-refractivity contribution < 1.29 is 0 Å². The standard InChI is InChI=1S/C20H27N5/c1-16-6-8-19(9-7-16)25-14-11-18(15-25)24-20(21-2)23-13-10-17-5-3-4-12-22-17/h3-9,12,18H,10-11,13-15H2,1-2H3,(H2,21,23,24). The fourth-order valence-electron chi connectivity index (χ4n) is 3.11. The zero-order valence-electron chi connectivity index (χ0n) is 15.1. The van der Waals surface area contributed by atoms with Crippen LogP contribution in [0.1, 0.15) is 17.7 Å². The molecule has 1 aliphatic rings. The lowest BCUT2D eigenvalue weighted by Crippen LogP contribution is -2.45. The molecule has 1 atom stereocenters. The molecular formula is C20H27N5. The highest BCUT2D eigenvalue weighted by Gasteiger charge is 2.23. The molecule has 1 fully saturated rings. The van der Waals surface area contributed by atoms with Crippen molar-refractivity contribution in [1.29, 1.82) is 0 Å². The largest absolute Gasteiger partial charge is 0.369 e. The molecule has 0 bridgehead atoms. The summed E-state index contributed by atoms with van der Waals surface area (Å²) in [5, 5.41) is 6.93. The van der Waals surface area contributed by atoms with Gasteiger partial charge in [-0.2, -0.15) is 0 Å². The van der Waals surface area contributed by atoms with E-state index in [1.54, 1.807) is 0 Å². The van der Waals surface area contributed by atoms with Gasteiger partial charge in [0.15, 0.2) is 5.96 Å². The molecule has 0 spiro atoms. The number of aryl methyl sites for hydroxylation is 1. The van der Waals surface area contributed by atoms with E-state index in [9.17, 15) is 0 Å². The van der Waals surface area contributed by atoms with Gasteiger partial charge >= 0.3 is 0 Å². The van der Waals surface area contributed by atoms with Crippen LogP contribution in [0, 0.1) is 6.92 Å². The number of anilines is 1. The Kier molecular flexibility index (Phi) is 5.88. The van der Waals surface area contributed by atoms with Crippen LogP contribution in [-0.2, 0) is 6.42 Å². The fraction of sp³-hybridized carbons (Fsp3) is 0.400. The third kappa shape index (κ3) is 4.95. The summed E-state index contributed by atoms with van der Waals surface area (Å²) >= 11 is 0. The van der Waals surface area contributed by atoms with Crippen LogP contribution in [0.4, 0.5) is 5.69 Å². The third-order valence-corrected chi connectivity index (χ3v) is 4.55. The Bertz CT molecular complexity index is 681. The zero-order valence-corrected chi connectivity index (χ0v) is 15.1. The molecule has 25 heavy (non-hydrogen) atoms. The second-order valence-corrected chi connectivity index (χ2v) is 6.48. The lowest BCUT2D eigenvalue weighted by molar-refractivity contribution is 0.647. The van der Waals surface area contributed by atoms with Crippen molar-refractivity contribution >= 4 is 11.6 Å². The number of aromatic nitrogens is 1. The van der Waals surface area contributed by atoms with Gasteiger partial charge in [0.2, 0.25) is 0 Å². The van der Waals surface area contributed by atoms with Gasteiger partial charge in [0.1, 0.15) is 0 Å². The maximum Gasteiger partial charge on any atom is 0.191 e. The van der Waals surface area contributed by atoms with Gasteiger partial charge in [-0.25, -0.2) is 0 Å². The van der Waals surface area contributed by atoms with Crippen LogP contribution < -0.4 is 15.5 Å². The number of nitrogens with zero attached hydrogens (tertiary/aromatic N) is 3. The van der Waals surface area contributed by atoms with Gasteiger partial charge < -0.3 is 15.5 Å². The minimum absolute atomic E-state index is 0.419. The smallest absolute Gasteiger partial charge is 0.191 e. The SMILES string of the molecule is CN=C(NCCc1ccccn1)NC1CCN(c2ccc(C)cc2)C1. The van der Waals surface area contributed by atoms with Crippen molar-refractivity contribution in [2.45, 2.75) is 25.8 Å². The normalized spacial score (nSPS) is 17.6. The molecular weight excluding hydrogens is 310 g/mol. The van der Waals surface area contributed by atoms with Gasteiger partial charge in [-0.05, 0) is 37.6 Å². The Labute approximate surface area is 150 Å². The molecule has 1 aromatic carbocycles. The van der Waals surface area contributed by atoms with E-state index in [1.165, 1.54) is 11.3 Å². The minimum atomic E-state index is 0.419. The van der Waals surface area contributed by atoms with Crippen molar-refractivity contribution in [3.63, 3.8) is 0 Å². The summed E-state index contributed by atoms with van der Waals surface area (Å²) in [6.07, 6.45) is 3.84. The molecule has 0 amide bonds. The molecule has 2 aromatic rings. The van der Waals surface area contributed by atoms with Crippen LogP contribution >= 0.6 is 0 Å². The summed E-state index contributed by atoms with van der Waals surface area (Å²) in [5.41, 5.74) is 3.69. The van der Waals surface area contributed by atoms with Crippen LogP contribution in [0.5, 0.6) is 0 Å². The molecule has 0 radical (unpaired) electrons. The summed E-state index contributed by atoms with van der Waals surface area (Å²) in [4.78, 5) is 11.1. The number of nitrogens with one attached hydrogen (secondary N) is 2. The van der Waals surface area contributed by atoms with Crippen LogP contribution in [0.3, 0.4) is 0 Å². The monoisotopic (exact) mass is 337 g/mol. The fourth-order valence-corrected chi connectivity index (χ4v) is 3.11. The molecule has 1 aliphatic heterocycles. The molecule has 2 N–H and O–H groups in total.